The Hall–Kier alpha value is -0.550. The zero-order valence-electron chi connectivity index (χ0n) is 12.3. The number of nitriles is 1. The van der Waals surface area contributed by atoms with Crippen LogP contribution in [0, 0.1) is 28.6 Å². The van der Waals surface area contributed by atoms with Gasteiger partial charge in [0.2, 0.25) is 0 Å². The third-order valence-corrected chi connectivity index (χ3v) is 4.42. The standard InChI is InChI=1S/C16H29NO/c1-13(2)11-14(3)15(18)16(12-17)9-7-5-4-6-8-10-16/h13-15,18H,4-11H2,1-3H3. The second-order valence-corrected chi connectivity index (χ2v) is 6.59. The Morgan fingerprint density at radius 2 is 1.56 bits per heavy atom. The Morgan fingerprint density at radius 3 is 2.00 bits per heavy atom. The lowest BCUT2D eigenvalue weighted by Gasteiger charge is -2.37. The van der Waals surface area contributed by atoms with Gasteiger partial charge in [0.25, 0.3) is 0 Å². The lowest BCUT2D eigenvalue weighted by atomic mass is 9.69. The number of aliphatic hydroxyl groups is 1. The Morgan fingerprint density at radius 1 is 1.06 bits per heavy atom. The molecule has 1 saturated carbocycles. The lowest BCUT2D eigenvalue weighted by molar-refractivity contribution is -0.00227. The number of aliphatic hydroxyl groups excluding tert-OH is 1. The van der Waals surface area contributed by atoms with Gasteiger partial charge in [-0.25, -0.2) is 0 Å². The highest BCUT2D eigenvalue weighted by atomic mass is 16.3. The summed E-state index contributed by atoms with van der Waals surface area (Å²) in [7, 11) is 0. The molecule has 0 aromatic carbocycles. The molecule has 2 heteroatoms. The summed E-state index contributed by atoms with van der Waals surface area (Å²) < 4.78 is 0. The van der Waals surface area contributed by atoms with E-state index in [9.17, 15) is 10.4 Å². The monoisotopic (exact) mass is 251 g/mol. The first kappa shape index (κ1) is 15.5. The Labute approximate surface area is 112 Å². The van der Waals surface area contributed by atoms with Crippen molar-refractivity contribution in [3.63, 3.8) is 0 Å². The van der Waals surface area contributed by atoms with Crippen molar-refractivity contribution in [1.82, 2.24) is 0 Å². The first-order valence-electron chi connectivity index (χ1n) is 7.61. The molecule has 0 heterocycles. The maximum Gasteiger partial charge on any atom is 0.0834 e. The van der Waals surface area contributed by atoms with Gasteiger partial charge in [0.1, 0.15) is 0 Å². The molecule has 0 amide bonds. The molecule has 0 aromatic heterocycles. The third kappa shape index (κ3) is 3.99. The average Bonchev–Trinajstić information content (AvgIpc) is 2.28. The molecule has 104 valence electrons. The van der Waals surface area contributed by atoms with Crippen LogP contribution in [0.2, 0.25) is 0 Å². The van der Waals surface area contributed by atoms with Crippen LogP contribution in [-0.2, 0) is 0 Å². The van der Waals surface area contributed by atoms with Crippen LogP contribution >= 0.6 is 0 Å². The third-order valence-electron chi connectivity index (χ3n) is 4.42. The molecule has 1 aliphatic carbocycles. The van der Waals surface area contributed by atoms with Gasteiger partial charge in [-0.1, -0.05) is 52.9 Å². The molecule has 1 fully saturated rings. The van der Waals surface area contributed by atoms with E-state index in [4.69, 9.17) is 0 Å². The van der Waals surface area contributed by atoms with Gasteiger partial charge < -0.3 is 5.11 Å². The van der Waals surface area contributed by atoms with Crippen LogP contribution in [0.1, 0.15) is 72.1 Å². The summed E-state index contributed by atoms with van der Waals surface area (Å²) in [5.74, 6) is 0.808. The summed E-state index contributed by atoms with van der Waals surface area (Å²) >= 11 is 0. The molecule has 2 atom stereocenters. The van der Waals surface area contributed by atoms with E-state index in [1.54, 1.807) is 0 Å². The Balaban J connectivity index is 2.74. The maximum atomic E-state index is 10.6. The quantitative estimate of drug-likeness (QED) is 0.810. The van der Waals surface area contributed by atoms with Crippen LogP contribution in [-0.4, -0.2) is 11.2 Å². The molecule has 18 heavy (non-hydrogen) atoms. The highest BCUT2D eigenvalue weighted by molar-refractivity contribution is 5.05. The summed E-state index contributed by atoms with van der Waals surface area (Å²) in [6.07, 6.45) is 8.23. The van der Waals surface area contributed by atoms with Crippen molar-refractivity contribution in [3.8, 4) is 6.07 Å². The zero-order valence-corrected chi connectivity index (χ0v) is 12.3. The van der Waals surface area contributed by atoms with E-state index >= 15 is 0 Å². The smallest absolute Gasteiger partial charge is 0.0834 e. The van der Waals surface area contributed by atoms with Gasteiger partial charge in [-0.15, -0.1) is 0 Å². The predicted octanol–water partition coefficient (Wildman–Crippen LogP) is 4.28. The van der Waals surface area contributed by atoms with Crippen molar-refractivity contribution < 1.29 is 5.11 Å². The molecule has 0 radical (unpaired) electrons. The van der Waals surface area contributed by atoms with E-state index < -0.39 is 11.5 Å². The summed E-state index contributed by atoms with van der Waals surface area (Å²) in [5, 5.41) is 20.2. The van der Waals surface area contributed by atoms with Crippen LogP contribution in [0.5, 0.6) is 0 Å². The van der Waals surface area contributed by atoms with E-state index in [2.05, 4.69) is 26.8 Å². The summed E-state index contributed by atoms with van der Waals surface area (Å²) in [6.45, 7) is 6.46. The van der Waals surface area contributed by atoms with Gasteiger partial charge in [-0.2, -0.15) is 5.26 Å². The fraction of sp³-hybridized carbons (Fsp3) is 0.938. The number of hydrogen-bond acceptors (Lipinski definition) is 2. The summed E-state index contributed by atoms with van der Waals surface area (Å²) in [5.41, 5.74) is -0.477. The number of hydrogen-bond donors (Lipinski definition) is 1. The van der Waals surface area contributed by atoms with Gasteiger partial charge in [0.05, 0.1) is 17.6 Å². The first-order chi connectivity index (χ1) is 8.52. The van der Waals surface area contributed by atoms with Crippen molar-refractivity contribution in [1.29, 1.82) is 5.26 Å². The van der Waals surface area contributed by atoms with Gasteiger partial charge in [-0.05, 0) is 31.1 Å². The zero-order chi connectivity index (χ0) is 13.6. The van der Waals surface area contributed by atoms with E-state index in [0.717, 1.165) is 32.1 Å². The number of rotatable bonds is 4. The predicted molar refractivity (Wildman–Crippen MR) is 75.0 cm³/mol. The second kappa shape index (κ2) is 7.14. The van der Waals surface area contributed by atoms with Crippen LogP contribution in [0.3, 0.4) is 0 Å². The topological polar surface area (TPSA) is 44.0 Å². The van der Waals surface area contributed by atoms with E-state index in [1.165, 1.54) is 19.3 Å². The lowest BCUT2D eigenvalue weighted by Crippen LogP contribution is -2.39. The minimum Gasteiger partial charge on any atom is -0.391 e. The largest absolute Gasteiger partial charge is 0.391 e. The van der Waals surface area contributed by atoms with Gasteiger partial charge in [0.15, 0.2) is 0 Å². The van der Waals surface area contributed by atoms with Crippen LogP contribution < -0.4 is 0 Å². The van der Waals surface area contributed by atoms with Crippen molar-refractivity contribution in [2.45, 2.75) is 78.2 Å². The van der Waals surface area contributed by atoms with Crippen molar-refractivity contribution >= 4 is 0 Å². The van der Waals surface area contributed by atoms with E-state index in [1.807, 2.05) is 0 Å². The average molecular weight is 251 g/mol. The van der Waals surface area contributed by atoms with Crippen LogP contribution in [0.4, 0.5) is 0 Å². The molecule has 2 nitrogen and oxygen atoms in total. The SMILES string of the molecule is CC(C)CC(C)C(O)C1(C#N)CCCCCCC1. The Kier molecular flexibility index (Phi) is 6.15. The minimum atomic E-state index is -0.477. The highest BCUT2D eigenvalue weighted by Gasteiger charge is 2.40. The fourth-order valence-electron chi connectivity index (χ4n) is 3.43. The van der Waals surface area contributed by atoms with E-state index in [0.29, 0.717) is 5.92 Å². The molecule has 0 aromatic rings. The normalized spacial score (nSPS) is 23.8. The molecule has 1 rings (SSSR count). The maximum absolute atomic E-state index is 10.6. The first-order valence-corrected chi connectivity index (χ1v) is 7.61. The highest BCUT2D eigenvalue weighted by Crippen LogP contribution is 2.40. The summed E-state index contributed by atoms with van der Waals surface area (Å²) in [4.78, 5) is 0. The molecule has 0 bridgehead atoms. The molecule has 2 unspecified atom stereocenters. The molecule has 1 aliphatic rings. The number of nitrogens with zero attached hydrogens (tertiary/aromatic N) is 1. The van der Waals surface area contributed by atoms with Crippen molar-refractivity contribution in [3.05, 3.63) is 0 Å². The molecule has 0 aliphatic heterocycles. The van der Waals surface area contributed by atoms with Crippen molar-refractivity contribution in [2.24, 2.45) is 17.3 Å². The molecular formula is C16H29NO. The van der Waals surface area contributed by atoms with Crippen LogP contribution in [0.25, 0.3) is 0 Å². The molecular weight excluding hydrogens is 222 g/mol. The molecule has 0 spiro atoms. The van der Waals surface area contributed by atoms with Crippen LogP contribution in [0.15, 0.2) is 0 Å². The molecule has 0 saturated heterocycles. The Bertz CT molecular complexity index is 271. The molecule has 1 N–H and O–H groups in total. The van der Waals surface area contributed by atoms with Gasteiger partial charge in [0, 0.05) is 0 Å². The van der Waals surface area contributed by atoms with Crippen molar-refractivity contribution in [2.75, 3.05) is 0 Å². The fourth-order valence-corrected chi connectivity index (χ4v) is 3.43. The van der Waals surface area contributed by atoms with E-state index in [-0.39, 0.29) is 5.92 Å². The van der Waals surface area contributed by atoms with Gasteiger partial charge in [-0.3, -0.25) is 0 Å². The van der Waals surface area contributed by atoms with Gasteiger partial charge >= 0.3 is 0 Å². The summed E-state index contributed by atoms with van der Waals surface area (Å²) in [6, 6.07) is 2.49. The minimum absolute atomic E-state index is 0.226. The second-order valence-electron chi connectivity index (χ2n) is 6.59.